The van der Waals surface area contributed by atoms with Gasteiger partial charge in [0.2, 0.25) is 10.0 Å². The fourth-order valence-corrected chi connectivity index (χ4v) is 5.33. The molecule has 2 N–H and O–H groups in total. The Labute approximate surface area is 237 Å². The molecule has 2 amide bonds. The third kappa shape index (κ3) is 6.44. The summed E-state index contributed by atoms with van der Waals surface area (Å²) in [5.74, 6) is -0.208. The van der Waals surface area contributed by atoms with Crippen LogP contribution in [0.3, 0.4) is 0 Å². The van der Waals surface area contributed by atoms with Gasteiger partial charge in [-0.2, -0.15) is 0 Å². The summed E-state index contributed by atoms with van der Waals surface area (Å²) in [6, 6.07) is 21.3. The number of anilines is 3. The molecule has 1 aliphatic rings. The molecule has 0 saturated carbocycles. The van der Waals surface area contributed by atoms with Crippen LogP contribution in [0.2, 0.25) is 5.02 Å². The number of benzene rings is 2. The summed E-state index contributed by atoms with van der Waals surface area (Å²) in [6.45, 7) is 2.43. The monoisotopic (exact) mass is 578 g/mol. The van der Waals surface area contributed by atoms with Gasteiger partial charge in [0.05, 0.1) is 17.5 Å². The number of carbonyl (C=O) groups excluding carboxylic acids is 2. The molecule has 2 aromatic carbocycles. The zero-order valence-electron chi connectivity index (χ0n) is 21.6. The predicted octanol–water partition coefficient (Wildman–Crippen LogP) is 4.11. The smallest absolute Gasteiger partial charge is 0.271 e. The van der Waals surface area contributed by atoms with Crippen LogP contribution < -0.4 is 14.9 Å². The van der Waals surface area contributed by atoms with Crippen LogP contribution in [0.4, 0.5) is 17.1 Å². The molecular weight excluding hydrogens is 552 g/mol. The van der Waals surface area contributed by atoms with Crippen molar-refractivity contribution in [2.24, 2.45) is 0 Å². The van der Waals surface area contributed by atoms with Gasteiger partial charge in [0, 0.05) is 55.0 Å². The lowest BCUT2D eigenvalue weighted by Crippen LogP contribution is -2.49. The van der Waals surface area contributed by atoms with E-state index in [1.54, 1.807) is 40.1 Å². The number of hydrogen-bond donors (Lipinski definition) is 2. The molecule has 3 heterocycles. The normalized spacial score (nSPS) is 13.7. The molecular formula is C28H27ClN6O4S. The number of nitrogens with one attached hydrogen (secondary N) is 2. The van der Waals surface area contributed by atoms with E-state index in [2.05, 4.69) is 32.1 Å². The molecule has 206 valence electrons. The summed E-state index contributed by atoms with van der Waals surface area (Å²) in [5.41, 5.74) is 2.15. The van der Waals surface area contributed by atoms with Crippen LogP contribution in [0.15, 0.2) is 85.2 Å². The molecule has 0 spiro atoms. The number of pyridine rings is 1. The van der Waals surface area contributed by atoms with E-state index in [1.807, 2.05) is 18.2 Å². The first kappa shape index (κ1) is 27.2. The number of piperazine rings is 1. The number of rotatable bonds is 7. The van der Waals surface area contributed by atoms with E-state index in [9.17, 15) is 18.0 Å². The zero-order chi connectivity index (χ0) is 28.3. The summed E-state index contributed by atoms with van der Waals surface area (Å²) in [6.07, 6.45) is 4.20. The van der Waals surface area contributed by atoms with Gasteiger partial charge in [0.15, 0.2) is 0 Å². The second kappa shape index (κ2) is 11.4. The fourth-order valence-electron chi connectivity index (χ4n) is 4.54. The maximum absolute atomic E-state index is 13.7. The first-order valence-corrected chi connectivity index (χ1v) is 14.8. The van der Waals surface area contributed by atoms with Gasteiger partial charge in [-0.15, -0.1) is 0 Å². The van der Waals surface area contributed by atoms with E-state index in [0.717, 1.165) is 11.9 Å². The molecule has 1 aliphatic heterocycles. The lowest BCUT2D eigenvalue weighted by molar-refractivity contribution is 0.0738. The van der Waals surface area contributed by atoms with Crippen LogP contribution in [0.1, 0.15) is 20.8 Å². The first-order valence-electron chi connectivity index (χ1n) is 12.5. The fraction of sp³-hybridized carbons (Fsp3) is 0.179. The highest BCUT2D eigenvalue weighted by Crippen LogP contribution is 2.25. The van der Waals surface area contributed by atoms with Crippen molar-refractivity contribution in [3.8, 4) is 5.82 Å². The molecule has 5 rings (SSSR count). The molecule has 10 nitrogen and oxygen atoms in total. The molecule has 2 aromatic heterocycles. The van der Waals surface area contributed by atoms with Crippen molar-refractivity contribution in [2.45, 2.75) is 0 Å². The van der Waals surface area contributed by atoms with E-state index in [-0.39, 0.29) is 22.2 Å². The van der Waals surface area contributed by atoms with Crippen molar-refractivity contribution < 1.29 is 18.0 Å². The van der Waals surface area contributed by atoms with Crippen molar-refractivity contribution >= 4 is 50.5 Å². The van der Waals surface area contributed by atoms with Crippen LogP contribution >= 0.6 is 11.6 Å². The maximum atomic E-state index is 13.7. The van der Waals surface area contributed by atoms with Crippen molar-refractivity contribution in [1.82, 2.24) is 14.5 Å². The summed E-state index contributed by atoms with van der Waals surface area (Å²) >= 11 is 6.14. The van der Waals surface area contributed by atoms with Crippen molar-refractivity contribution in [3.63, 3.8) is 0 Å². The summed E-state index contributed by atoms with van der Waals surface area (Å²) < 4.78 is 27.2. The van der Waals surface area contributed by atoms with E-state index in [1.165, 1.54) is 24.3 Å². The molecule has 1 saturated heterocycles. The number of para-hydroxylation sites is 1. The minimum atomic E-state index is -3.54. The largest absolute Gasteiger partial charge is 0.368 e. The molecule has 40 heavy (non-hydrogen) atoms. The second-order valence-corrected chi connectivity index (χ2v) is 11.5. The first-order chi connectivity index (χ1) is 19.2. The van der Waals surface area contributed by atoms with Crippen molar-refractivity contribution in [1.29, 1.82) is 0 Å². The molecule has 4 aromatic rings. The van der Waals surface area contributed by atoms with Gasteiger partial charge in [0.25, 0.3) is 11.8 Å². The van der Waals surface area contributed by atoms with Crippen molar-refractivity contribution in [3.05, 3.63) is 101 Å². The third-order valence-electron chi connectivity index (χ3n) is 6.34. The third-order valence-corrected chi connectivity index (χ3v) is 7.17. The Morgan fingerprint density at radius 2 is 1.60 bits per heavy atom. The number of amides is 2. The van der Waals surface area contributed by atoms with Gasteiger partial charge in [-0.1, -0.05) is 35.9 Å². The zero-order valence-corrected chi connectivity index (χ0v) is 23.2. The van der Waals surface area contributed by atoms with Crippen LogP contribution in [0.5, 0.6) is 0 Å². The minimum absolute atomic E-state index is 0.209. The average Bonchev–Trinajstić information content (AvgIpc) is 3.38. The molecule has 0 atom stereocenters. The number of aromatic nitrogens is 2. The van der Waals surface area contributed by atoms with Gasteiger partial charge >= 0.3 is 0 Å². The Balaban J connectivity index is 1.39. The SMILES string of the molecule is CS(=O)(=O)Nc1cc(Cl)cc(NC(=O)c2cc(C(=O)N3CCN(c4ccccc4)CC3)n(-c3ccccn3)c2)c1. The Kier molecular flexibility index (Phi) is 7.76. The molecule has 12 heteroatoms. The maximum Gasteiger partial charge on any atom is 0.271 e. The van der Waals surface area contributed by atoms with Crippen LogP contribution in [0, 0.1) is 0 Å². The van der Waals surface area contributed by atoms with Gasteiger partial charge < -0.3 is 15.1 Å². The highest BCUT2D eigenvalue weighted by atomic mass is 35.5. The summed E-state index contributed by atoms with van der Waals surface area (Å²) in [4.78, 5) is 35.3. The molecule has 0 bridgehead atoms. The number of hydrogen-bond acceptors (Lipinski definition) is 6. The highest BCUT2D eigenvalue weighted by molar-refractivity contribution is 7.92. The standard InChI is InChI=1S/C28H27ClN6O4S/c1-40(38,39)32-23-17-21(29)16-22(18-23)31-27(36)20-15-25(35(19-20)26-9-5-6-10-30-26)28(37)34-13-11-33(12-14-34)24-7-3-2-4-8-24/h2-10,15-19,32H,11-14H2,1H3,(H,31,36). The number of carbonyl (C=O) groups is 2. The van der Waals surface area contributed by atoms with Gasteiger partial charge in [-0.05, 0) is 48.5 Å². The topological polar surface area (TPSA) is 117 Å². The molecule has 0 unspecified atom stereocenters. The number of nitrogens with zero attached hydrogens (tertiary/aromatic N) is 4. The quantitative estimate of drug-likeness (QED) is 0.341. The lowest BCUT2D eigenvalue weighted by Gasteiger charge is -2.36. The highest BCUT2D eigenvalue weighted by Gasteiger charge is 2.27. The molecule has 1 fully saturated rings. The van der Waals surface area contributed by atoms with E-state index < -0.39 is 15.9 Å². The molecule has 0 aliphatic carbocycles. The Hall–Kier alpha value is -4.35. The Morgan fingerprint density at radius 1 is 0.900 bits per heavy atom. The number of halogens is 1. The van der Waals surface area contributed by atoms with Crippen LogP contribution in [-0.2, 0) is 10.0 Å². The van der Waals surface area contributed by atoms with Gasteiger partial charge in [-0.3, -0.25) is 18.9 Å². The van der Waals surface area contributed by atoms with Gasteiger partial charge in [-0.25, -0.2) is 13.4 Å². The molecule has 0 radical (unpaired) electrons. The average molecular weight is 579 g/mol. The van der Waals surface area contributed by atoms with Gasteiger partial charge in [0.1, 0.15) is 11.5 Å². The number of sulfonamides is 1. The van der Waals surface area contributed by atoms with Crippen molar-refractivity contribution in [2.75, 3.05) is 47.4 Å². The predicted molar refractivity (Wildman–Crippen MR) is 156 cm³/mol. The lowest BCUT2D eigenvalue weighted by atomic mass is 10.2. The Bertz CT molecular complexity index is 1640. The van der Waals surface area contributed by atoms with E-state index >= 15 is 0 Å². The van der Waals surface area contributed by atoms with Crippen LogP contribution in [0.25, 0.3) is 5.82 Å². The second-order valence-electron chi connectivity index (χ2n) is 9.34. The van der Waals surface area contributed by atoms with Crippen LogP contribution in [-0.4, -0.2) is 67.1 Å². The Morgan fingerprint density at radius 3 is 2.27 bits per heavy atom. The summed E-state index contributed by atoms with van der Waals surface area (Å²) in [5, 5.41) is 2.97. The minimum Gasteiger partial charge on any atom is -0.368 e. The summed E-state index contributed by atoms with van der Waals surface area (Å²) in [7, 11) is -3.54. The van der Waals surface area contributed by atoms with E-state index in [4.69, 9.17) is 11.6 Å². The van der Waals surface area contributed by atoms with E-state index in [0.29, 0.717) is 43.4 Å².